The van der Waals surface area contributed by atoms with Gasteiger partial charge in [-0.3, -0.25) is 4.79 Å². The minimum atomic E-state index is -0.643. The van der Waals surface area contributed by atoms with Crippen molar-refractivity contribution in [1.82, 2.24) is 0 Å². The van der Waals surface area contributed by atoms with E-state index in [4.69, 9.17) is 9.84 Å². The van der Waals surface area contributed by atoms with Crippen molar-refractivity contribution in [2.24, 2.45) is 11.8 Å². The Morgan fingerprint density at radius 3 is 2.53 bits per heavy atom. The normalized spacial score (nSPS) is 31.3. The fourth-order valence-corrected chi connectivity index (χ4v) is 3.15. The summed E-state index contributed by atoms with van der Waals surface area (Å²) in [7, 11) is 0. The molecule has 2 fully saturated rings. The van der Waals surface area contributed by atoms with Crippen molar-refractivity contribution in [2.45, 2.75) is 63.9 Å². The first kappa shape index (κ1) is 12.9. The van der Waals surface area contributed by atoms with E-state index in [1.54, 1.807) is 0 Å². The molecule has 2 atom stereocenters. The summed E-state index contributed by atoms with van der Waals surface area (Å²) >= 11 is 0. The van der Waals surface area contributed by atoms with Gasteiger partial charge in [-0.15, -0.1) is 0 Å². The Morgan fingerprint density at radius 1 is 1.06 bits per heavy atom. The molecule has 0 aromatic heterocycles. The average Bonchev–Trinajstić information content (AvgIpc) is 2.38. The minimum Gasteiger partial charge on any atom is -0.481 e. The second kappa shape index (κ2) is 6.39. The van der Waals surface area contributed by atoms with Gasteiger partial charge in [-0.05, 0) is 38.0 Å². The van der Waals surface area contributed by atoms with Crippen LogP contribution in [0.5, 0.6) is 0 Å². The molecule has 2 unspecified atom stereocenters. The molecule has 98 valence electrons. The van der Waals surface area contributed by atoms with Crippen LogP contribution in [0.2, 0.25) is 0 Å². The summed E-state index contributed by atoms with van der Waals surface area (Å²) in [5.41, 5.74) is 0. The van der Waals surface area contributed by atoms with E-state index in [9.17, 15) is 4.79 Å². The molecule has 0 aromatic carbocycles. The van der Waals surface area contributed by atoms with Crippen LogP contribution in [-0.2, 0) is 9.53 Å². The molecule has 0 aromatic rings. The topological polar surface area (TPSA) is 46.5 Å². The largest absolute Gasteiger partial charge is 0.481 e. The molecule has 17 heavy (non-hydrogen) atoms. The third kappa shape index (κ3) is 3.98. The number of aliphatic carboxylic acids is 1. The number of hydrogen-bond donors (Lipinski definition) is 1. The highest BCUT2D eigenvalue weighted by Gasteiger charge is 2.28. The van der Waals surface area contributed by atoms with E-state index in [-0.39, 0.29) is 12.0 Å². The first-order chi connectivity index (χ1) is 8.25. The molecule has 3 nitrogen and oxygen atoms in total. The first-order valence-electron chi connectivity index (χ1n) is 7.10. The summed E-state index contributed by atoms with van der Waals surface area (Å²) in [5, 5.41) is 9.02. The van der Waals surface area contributed by atoms with Gasteiger partial charge >= 0.3 is 5.97 Å². The van der Waals surface area contributed by atoms with Gasteiger partial charge in [-0.25, -0.2) is 0 Å². The monoisotopic (exact) mass is 240 g/mol. The second-order valence-corrected chi connectivity index (χ2v) is 5.66. The maximum Gasteiger partial charge on any atom is 0.306 e. The van der Waals surface area contributed by atoms with Gasteiger partial charge in [0.05, 0.1) is 12.0 Å². The summed E-state index contributed by atoms with van der Waals surface area (Å²) in [6.07, 6.45) is 10.5. The van der Waals surface area contributed by atoms with E-state index in [0.29, 0.717) is 0 Å². The van der Waals surface area contributed by atoms with E-state index >= 15 is 0 Å². The third-order valence-corrected chi connectivity index (χ3v) is 4.27. The van der Waals surface area contributed by atoms with Crippen LogP contribution in [0.25, 0.3) is 0 Å². The van der Waals surface area contributed by atoms with Crippen molar-refractivity contribution in [3.63, 3.8) is 0 Å². The van der Waals surface area contributed by atoms with Gasteiger partial charge in [-0.1, -0.05) is 25.7 Å². The zero-order valence-corrected chi connectivity index (χ0v) is 10.6. The van der Waals surface area contributed by atoms with Crippen LogP contribution >= 0.6 is 0 Å². The molecule has 2 saturated carbocycles. The summed E-state index contributed by atoms with van der Waals surface area (Å²) in [6, 6.07) is 0. The van der Waals surface area contributed by atoms with Gasteiger partial charge in [-0.2, -0.15) is 0 Å². The molecule has 1 N–H and O–H groups in total. The van der Waals surface area contributed by atoms with Gasteiger partial charge in [0.1, 0.15) is 0 Å². The van der Waals surface area contributed by atoms with Crippen molar-refractivity contribution in [1.29, 1.82) is 0 Å². The molecule has 0 heterocycles. The van der Waals surface area contributed by atoms with E-state index in [1.807, 2.05) is 0 Å². The minimum absolute atomic E-state index is 0.167. The third-order valence-electron chi connectivity index (χ3n) is 4.27. The highest BCUT2D eigenvalue weighted by atomic mass is 16.5. The number of carbonyl (C=O) groups is 1. The predicted molar refractivity (Wildman–Crippen MR) is 65.9 cm³/mol. The predicted octanol–water partition coefficient (Wildman–Crippen LogP) is 3.23. The smallest absolute Gasteiger partial charge is 0.306 e. The maximum absolute atomic E-state index is 11.0. The molecule has 0 spiro atoms. The van der Waals surface area contributed by atoms with Crippen LogP contribution in [-0.4, -0.2) is 23.8 Å². The number of rotatable bonds is 4. The van der Waals surface area contributed by atoms with Gasteiger partial charge in [0.2, 0.25) is 0 Å². The average molecular weight is 240 g/mol. The summed E-state index contributed by atoms with van der Waals surface area (Å²) in [5.74, 6) is -0.0787. The highest BCUT2D eigenvalue weighted by Crippen LogP contribution is 2.29. The fraction of sp³-hybridized carbons (Fsp3) is 0.929. The van der Waals surface area contributed by atoms with Gasteiger partial charge in [0, 0.05) is 6.61 Å². The Balaban J connectivity index is 1.69. The van der Waals surface area contributed by atoms with Crippen molar-refractivity contribution >= 4 is 5.97 Å². The van der Waals surface area contributed by atoms with Crippen LogP contribution < -0.4 is 0 Å². The van der Waals surface area contributed by atoms with Crippen molar-refractivity contribution in [3.8, 4) is 0 Å². The Bertz CT molecular complexity index is 246. The number of hydrogen-bond acceptors (Lipinski definition) is 2. The van der Waals surface area contributed by atoms with Gasteiger partial charge < -0.3 is 9.84 Å². The highest BCUT2D eigenvalue weighted by molar-refractivity contribution is 5.70. The summed E-state index contributed by atoms with van der Waals surface area (Å²) in [6.45, 7) is 0.858. The molecular formula is C14H24O3. The SMILES string of the molecule is O=C(O)C1CCCC(OCC2CCCCC2)C1. The fourth-order valence-electron chi connectivity index (χ4n) is 3.15. The Hall–Kier alpha value is -0.570. The standard InChI is InChI=1S/C14H24O3/c15-14(16)12-7-4-8-13(9-12)17-10-11-5-2-1-3-6-11/h11-13H,1-10H2,(H,15,16). The van der Waals surface area contributed by atoms with E-state index < -0.39 is 5.97 Å². The van der Waals surface area contributed by atoms with Crippen LogP contribution in [0, 0.1) is 11.8 Å². The molecule has 3 heteroatoms. The lowest BCUT2D eigenvalue weighted by Gasteiger charge is -2.29. The van der Waals surface area contributed by atoms with Crippen molar-refractivity contribution in [3.05, 3.63) is 0 Å². The first-order valence-corrected chi connectivity index (χ1v) is 7.10. The lowest BCUT2D eigenvalue weighted by molar-refractivity contribution is -0.145. The summed E-state index contributed by atoms with van der Waals surface area (Å²) in [4.78, 5) is 11.0. The van der Waals surface area contributed by atoms with E-state index in [1.165, 1.54) is 32.1 Å². The Kier molecular flexibility index (Phi) is 4.84. The molecule has 0 bridgehead atoms. The zero-order valence-electron chi connectivity index (χ0n) is 10.6. The van der Waals surface area contributed by atoms with E-state index in [2.05, 4.69) is 0 Å². The molecular weight excluding hydrogens is 216 g/mol. The van der Waals surface area contributed by atoms with Crippen LogP contribution in [0.15, 0.2) is 0 Å². The molecule has 2 aliphatic rings. The van der Waals surface area contributed by atoms with Gasteiger partial charge in [0.25, 0.3) is 0 Å². The van der Waals surface area contributed by atoms with E-state index in [0.717, 1.165) is 38.2 Å². The van der Waals surface area contributed by atoms with Crippen LogP contribution in [0.4, 0.5) is 0 Å². The quantitative estimate of drug-likeness (QED) is 0.820. The van der Waals surface area contributed by atoms with Gasteiger partial charge in [0.15, 0.2) is 0 Å². The maximum atomic E-state index is 11.0. The van der Waals surface area contributed by atoms with Crippen molar-refractivity contribution in [2.75, 3.05) is 6.61 Å². The Morgan fingerprint density at radius 2 is 1.82 bits per heavy atom. The molecule has 2 rings (SSSR count). The molecule has 0 radical (unpaired) electrons. The molecule has 0 amide bonds. The molecule has 2 aliphatic carbocycles. The van der Waals surface area contributed by atoms with Crippen LogP contribution in [0.3, 0.4) is 0 Å². The second-order valence-electron chi connectivity index (χ2n) is 5.66. The van der Waals surface area contributed by atoms with Crippen LogP contribution in [0.1, 0.15) is 57.8 Å². The number of carboxylic acid groups (broad SMARTS) is 1. The summed E-state index contributed by atoms with van der Waals surface area (Å²) < 4.78 is 5.94. The lowest BCUT2D eigenvalue weighted by atomic mass is 9.86. The number of ether oxygens (including phenoxy) is 1. The molecule has 0 saturated heterocycles. The van der Waals surface area contributed by atoms with Crippen molar-refractivity contribution < 1.29 is 14.6 Å². The lowest BCUT2D eigenvalue weighted by Crippen LogP contribution is -2.29. The Labute approximate surface area is 104 Å². The molecule has 0 aliphatic heterocycles. The number of carboxylic acids is 1. The zero-order chi connectivity index (χ0) is 12.1.